The van der Waals surface area contributed by atoms with Crippen molar-refractivity contribution in [1.29, 1.82) is 0 Å². The number of carboxylic acid groups (broad SMARTS) is 1. The molecule has 1 aromatic rings. The predicted molar refractivity (Wildman–Crippen MR) is 60.2 cm³/mol. The Kier molecular flexibility index (Phi) is 13.6. The lowest BCUT2D eigenvalue weighted by Gasteiger charge is -1.97. The molecule has 0 radical (unpaired) electrons. The summed E-state index contributed by atoms with van der Waals surface area (Å²) >= 11 is 0. The van der Waals surface area contributed by atoms with Crippen LogP contribution in [0.3, 0.4) is 0 Å². The van der Waals surface area contributed by atoms with E-state index in [2.05, 4.69) is 19.6 Å². The van der Waals surface area contributed by atoms with E-state index in [1.54, 1.807) is 25.2 Å². The van der Waals surface area contributed by atoms with Gasteiger partial charge < -0.3 is 15.6 Å². The van der Waals surface area contributed by atoms with Crippen LogP contribution in [-0.4, -0.2) is 13.0 Å². The first-order chi connectivity index (χ1) is 7.22. The van der Waals surface area contributed by atoms with Gasteiger partial charge in [0.15, 0.2) is 0 Å². The molecule has 1 aromatic carbocycles. The zero-order valence-corrected chi connectivity index (χ0v) is 9.82. The van der Waals surface area contributed by atoms with Crippen LogP contribution in [0.4, 0.5) is 0 Å². The molecule has 15 heavy (non-hydrogen) atoms. The maximum absolute atomic E-state index is 10.1. The normalized spacial score (nSPS) is 7.73. The molecule has 0 saturated heterocycles. The van der Waals surface area contributed by atoms with Crippen molar-refractivity contribution >= 4 is 5.97 Å². The number of aromatic carboxylic acids is 1. The lowest BCUT2D eigenvalue weighted by atomic mass is 10.2. The number of benzene rings is 1. The van der Waals surface area contributed by atoms with Gasteiger partial charge in [0.05, 0.1) is 13.0 Å². The molecule has 3 heteroatoms. The van der Waals surface area contributed by atoms with Gasteiger partial charge in [-0.1, -0.05) is 57.0 Å². The summed E-state index contributed by atoms with van der Waals surface area (Å²) in [6.07, 6.45) is 2.64. The quantitative estimate of drug-likeness (QED) is 0.783. The first-order valence-electron chi connectivity index (χ1n) is 5.19. The zero-order valence-electron chi connectivity index (χ0n) is 9.82. The van der Waals surface area contributed by atoms with Crippen LogP contribution in [0.2, 0.25) is 0 Å². The molecule has 3 nitrogen and oxygen atoms in total. The summed E-state index contributed by atoms with van der Waals surface area (Å²) < 4.78 is 0. The van der Waals surface area contributed by atoms with E-state index in [1.807, 2.05) is 0 Å². The highest BCUT2D eigenvalue weighted by Gasteiger charge is 1.85. The minimum atomic E-state index is -1.13. The van der Waals surface area contributed by atoms with Crippen molar-refractivity contribution < 1.29 is 15.6 Å². The van der Waals surface area contributed by atoms with E-state index < -0.39 is 5.97 Å². The number of carbonyl (C=O) groups excluding carboxylic acids is 1. The van der Waals surface area contributed by atoms with Crippen molar-refractivity contribution in [1.82, 2.24) is 0 Å². The third-order valence-electron chi connectivity index (χ3n) is 1.51. The Labute approximate surface area is 91.9 Å². The van der Waals surface area contributed by atoms with Crippen molar-refractivity contribution in [2.75, 3.05) is 7.05 Å². The Bertz CT molecular complexity index is 233. The molecular weight excluding hydrogens is 190 g/mol. The number of rotatable bonds is 2. The second-order valence-electron chi connectivity index (χ2n) is 2.65. The first kappa shape index (κ1) is 16.1. The van der Waals surface area contributed by atoms with Gasteiger partial charge in [-0.25, -0.2) is 0 Å². The van der Waals surface area contributed by atoms with Crippen LogP contribution in [-0.2, 0) is 0 Å². The van der Waals surface area contributed by atoms with Crippen LogP contribution in [0.5, 0.6) is 0 Å². The van der Waals surface area contributed by atoms with Gasteiger partial charge in [-0.2, -0.15) is 0 Å². The summed E-state index contributed by atoms with van der Waals surface area (Å²) in [5.41, 5.74) is 3.47. The highest BCUT2D eigenvalue weighted by molar-refractivity contribution is 5.85. The minimum absolute atomic E-state index is 0.220. The van der Waals surface area contributed by atoms with Crippen LogP contribution >= 0.6 is 0 Å². The van der Waals surface area contributed by atoms with Gasteiger partial charge in [-0.15, -0.1) is 0 Å². The van der Waals surface area contributed by atoms with Crippen molar-refractivity contribution in [3.05, 3.63) is 35.9 Å². The summed E-state index contributed by atoms with van der Waals surface area (Å²) in [7, 11) is 1.75. The van der Waals surface area contributed by atoms with Crippen LogP contribution in [0, 0.1) is 0 Å². The maximum Gasteiger partial charge on any atom is 0.0715 e. The molecule has 86 valence electrons. The number of unbranched alkanes of at least 4 members (excludes halogenated alkanes) is 1. The van der Waals surface area contributed by atoms with Gasteiger partial charge in [0.25, 0.3) is 0 Å². The van der Waals surface area contributed by atoms with Gasteiger partial charge in [-0.05, 0) is 5.56 Å². The number of carboxylic acids is 1. The van der Waals surface area contributed by atoms with E-state index in [9.17, 15) is 9.90 Å². The minimum Gasteiger partial charge on any atom is -0.545 e. The molecule has 0 fully saturated rings. The lowest BCUT2D eigenvalue weighted by molar-refractivity contribution is -0.325. The molecule has 0 unspecified atom stereocenters. The van der Waals surface area contributed by atoms with Gasteiger partial charge in [0.1, 0.15) is 0 Å². The van der Waals surface area contributed by atoms with E-state index in [4.69, 9.17) is 0 Å². The summed E-state index contributed by atoms with van der Waals surface area (Å²) in [6.45, 7) is 4.36. The molecule has 0 heterocycles. The van der Waals surface area contributed by atoms with Crippen LogP contribution < -0.4 is 10.8 Å². The Morgan fingerprint density at radius 2 is 1.53 bits per heavy atom. The second-order valence-corrected chi connectivity index (χ2v) is 2.65. The fourth-order valence-corrected chi connectivity index (χ4v) is 0.574. The summed E-state index contributed by atoms with van der Waals surface area (Å²) in [5.74, 6) is -1.13. The van der Waals surface area contributed by atoms with E-state index in [1.165, 1.54) is 25.0 Å². The van der Waals surface area contributed by atoms with Crippen molar-refractivity contribution in [2.24, 2.45) is 0 Å². The Balaban J connectivity index is 0. The smallest absolute Gasteiger partial charge is 0.0715 e. The molecule has 0 amide bonds. The molecular formula is C12H21NO2. The maximum atomic E-state index is 10.1. The Morgan fingerprint density at radius 3 is 1.73 bits per heavy atom. The van der Waals surface area contributed by atoms with Crippen molar-refractivity contribution in [3.63, 3.8) is 0 Å². The average molecular weight is 211 g/mol. The number of quaternary nitrogens is 1. The average Bonchev–Trinajstić information content (AvgIpc) is 2.33. The van der Waals surface area contributed by atoms with Gasteiger partial charge in [0.2, 0.25) is 0 Å². The molecule has 0 aliphatic rings. The molecule has 1 rings (SSSR count). The second kappa shape index (κ2) is 12.7. The summed E-state index contributed by atoms with van der Waals surface area (Å²) in [6, 6.07) is 8.06. The number of hydrogen-bond acceptors (Lipinski definition) is 2. The zero-order chi connectivity index (χ0) is 12.1. The van der Waals surface area contributed by atoms with Crippen LogP contribution in [0.15, 0.2) is 30.3 Å². The molecule has 0 bridgehead atoms. The van der Waals surface area contributed by atoms with Crippen LogP contribution in [0.1, 0.15) is 37.0 Å². The fraction of sp³-hybridized carbons (Fsp3) is 0.417. The van der Waals surface area contributed by atoms with E-state index in [0.717, 1.165) is 0 Å². The molecule has 0 atom stereocenters. The summed E-state index contributed by atoms with van der Waals surface area (Å²) in [5, 5.41) is 10.1. The largest absolute Gasteiger partial charge is 0.545 e. The highest BCUT2D eigenvalue weighted by Crippen LogP contribution is 1.94. The van der Waals surface area contributed by atoms with Gasteiger partial charge >= 0.3 is 0 Å². The monoisotopic (exact) mass is 211 g/mol. The third kappa shape index (κ3) is 10.6. The lowest BCUT2D eigenvalue weighted by Crippen LogP contribution is -2.40. The molecule has 0 aliphatic heterocycles. The van der Waals surface area contributed by atoms with E-state index in [-0.39, 0.29) is 5.56 Å². The van der Waals surface area contributed by atoms with Gasteiger partial charge in [-0.3, -0.25) is 0 Å². The molecule has 0 spiro atoms. The van der Waals surface area contributed by atoms with Gasteiger partial charge in [0, 0.05) is 0 Å². The van der Waals surface area contributed by atoms with Crippen LogP contribution in [0.25, 0.3) is 0 Å². The third-order valence-corrected chi connectivity index (χ3v) is 1.51. The molecule has 0 saturated carbocycles. The number of carbonyl (C=O) groups is 1. The molecule has 0 aliphatic carbocycles. The van der Waals surface area contributed by atoms with E-state index >= 15 is 0 Å². The molecule has 3 N–H and O–H groups in total. The fourth-order valence-electron chi connectivity index (χ4n) is 0.574. The summed E-state index contributed by atoms with van der Waals surface area (Å²) in [4.78, 5) is 10.1. The van der Waals surface area contributed by atoms with Crippen molar-refractivity contribution in [3.8, 4) is 0 Å². The predicted octanol–water partition coefficient (Wildman–Crippen LogP) is 0.715. The highest BCUT2D eigenvalue weighted by atomic mass is 16.4. The van der Waals surface area contributed by atoms with Crippen molar-refractivity contribution in [2.45, 2.75) is 26.7 Å². The standard InChI is InChI=1S/C7H6O2.C4H10.CH5N/c8-7(9)6-4-2-1-3-5-6;1-3-4-2;1-2/h1-5H,(H,8,9);3-4H2,1-2H3;2H2,1H3. The molecule has 0 aromatic heterocycles. The SMILES string of the molecule is CCCC.C[NH3+].O=C([O-])c1ccccc1. The Morgan fingerprint density at radius 1 is 1.13 bits per heavy atom. The Hall–Kier alpha value is -1.35. The number of hydrogen-bond donors (Lipinski definition) is 1. The first-order valence-corrected chi connectivity index (χ1v) is 5.19. The van der Waals surface area contributed by atoms with E-state index in [0.29, 0.717) is 0 Å². The topological polar surface area (TPSA) is 67.8 Å².